The molecule has 0 saturated carbocycles. The number of rotatable bonds is 4. The molecule has 0 aliphatic carbocycles. The zero-order valence-corrected chi connectivity index (χ0v) is 9.20. The molecule has 2 heterocycles. The summed E-state index contributed by atoms with van der Waals surface area (Å²) in [6.07, 6.45) is 6.17. The van der Waals surface area contributed by atoms with Crippen LogP contribution in [0.4, 0.5) is 11.5 Å². The minimum Gasteiger partial charge on any atom is -0.398 e. The Bertz CT molecular complexity index is 449. The summed E-state index contributed by atoms with van der Waals surface area (Å²) in [5, 5.41) is 3.20. The highest BCUT2D eigenvalue weighted by atomic mass is 15.0. The summed E-state index contributed by atoms with van der Waals surface area (Å²) >= 11 is 0. The summed E-state index contributed by atoms with van der Waals surface area (Å²) in [5.41, 5.74) is 7.54. The highest BCUT2D eigenvalue weighted by molar-refractivity contribution is 5.53. The van der Waals surface area contributed by atoms with Crippen molar-refractivity contribution in [1.82, 2.24) is 15.0 Å². The Kier molecular flexibility index (Phi) is 3.05. The van der Waals surface area contributed by atoms with Crippen molar-refractivity contribution >= 4 is 11.5 Å². The Hall–Kier alpha value is -2.04. The van der Waals surface area contributed by atoms with Crippen LogP contribution in [0.5, 0.6) is 0 Å². The molecule has 0 saturated heterocycles. The molecule has 4 N–H and O–H groups in total. The molecule has 0 radical (unpaired) electrons. The van der Waals surface area contributed by atoms with Gasteiger partial charge in [0.1, 0.15) is 11.6 Å². The average Bonchev–Trinajstić information content (AvgIpc) is 2.76. The zero-order valence-electron chi connectivity index (χ0n) is 9.20. The molecule has 0 spiro atoms. The van der Waals surface area contributed by atoms with Crippen LogP contribution in [-0.2, 0) is 6.42 Å². The summed E-state index contributed by atoms with van der Waals surface area (Å²) in [6.45, 7) is 2.72. The zero-order chi connectivity index (χ0) is 11.4. The van der Waals surface area contributed by atoms with Crippen LogP contribution < -0.4 is 11.1 Å². The Morgan fingerprint density at radius 1 is 1.44 bits per heavy atom. The van der Waals surface area contributed by atoms with Gasteiger partial charge in [0.05, 0.1) is 0 Å². The van der Waals surface area contributed by atoms with E-state index in [-0.39, 0.29) is 0 Å². The van der Waals surface area contributed by atoms with Crippen molar-refractivity contribution in [1.29, 1.82) is 0 Å². The van der Waals surface area contributed by atoms with E-state index >= 15 is 0 Å². The number of H-pyrrole nitrogens is 1. The van der Waals surface area contributed by atoms with E-state index < -0.39 is 0 Å². The lowest BCUT2D eigenvalue weighted by Gasteiger charge is -2.06. The van der Waals surface area contributed by atoms with Gasteiger partial charge in [0, 0.05) is 43.3 Å². The molecule has 5 nitrogen and oxygen atoms in total. The van der Waals surface area contributed by atoms with Crippen molar-refractivity contribution in [2.75, 3.05) is 17.6 Å². The number of nitrogens with two attached hydrogens (primary N) is 1. The number of pyridine rings is 1. The van der Waals surface area contributed by atoms with Gasteiger partial charge >= 0.3 is 0 Å². The summed E-state index contributed by atoms with van der Waals surface area (Å²) in [6, 6.07) is 1.84. The highest BCUT2D eigenvalue weighted by Gasteiger charge is 1.98. The summed E-state index contributed by atoms with van der Waals surface area (Å²) in [5.74, 6) is 1.77. The maximum absolute atomic E-state index is 5.79. The first-order chi connectivity index (χ1) is 7.75. The van der Waals surface area contributed by atoms with Gasteiger partial charge in [-0.05, 0) is 12.5 Å². The Balaban J connectivity index is 1.87. The molecule has 16 heavy (non-hydrogen) atoms. The quantitative estimate of drug-likeness (QED) is 0.722. The van der Waals surface area contributed by atoms with Gasteiger partial charge in [-0.3, -0.25) is 0 Å². The van der Waals surface area contributed by atoms with Gasteiger partial charge in [0.2, 0.25) is 0 Å². The number of imidazole rings is 1. The molecule has 0 aliphatic rings. The van der Waals surface area contributed by atoms with Crippen LogP contribution in [0, 0.1) is 6.92 Å². The standard InChI is InChI=1S/C11H15N5/c1-8-7-16-11(6-9(8)12)13-3-2-10-14-4-5-15-10/h4-7H,2-3H2,1H3,(H,14,15)(H3,12,13,16). The molecule has 2 aromatic rings. The minimum atomic E-state index is 0.760. The van der Waals surface area contributed by atoms with E-state index in [4.69, 9.17) is 5.73 Å². The van der Waals surface area contributed by atoms with Gasteiger partial charge < -0.3 is 16.0 Å². The first kappa shape index (κ1) is 10.5. The highest BCUT2D eigenvalue weighted by Crippen LogP contribution is 2.13. The van der Waals surface area contributed by atoms with Crippen molar-refractivity contribution in [2.24, 2.45) is 0 Å². The third-order valence-corrected chi connectivity index (χ3v) is 2.37. The molecule has 0 aliphatic heterocycles. The number of hydrogen-bond donors (Lipinski definition) is 3. The van der Waals surface area contributed by atoms with E-state index in [0.29, 0.717) is 0 Å². The van der Waals surface area contributed by atoms with Crippen LogP contribution in [0.3, 0.4) is 0 Å². The van der Waals surface area contributed by atoms with Crippen LogP contribution in [0.25, 0.3) is 0 Å². The SMILES string of the molecule is Cc1cnc(NCCc2ncc[nH]2)cc1N. The second-order valence-electron chi connectivity index (χ2n) is 3.64. The normalized spacial score (nSPS) is 10.3. The van der Waals surface area contributed by atoms with E-state index in [1.807, 2.05) is 19.2 Å². The van der Waals surface area contributed by atoms with E-state index in [9.17, 15) is 0 Å². The van der Waals surface area contributed by atoms with E-state index in [1.54, 1.807) is 12.4 Å². The maximum Gasteiger partial charge on any atom is 0.127 e. The van der Waals surface area contributed by atoms with Gasteiger partial charge in [0.15, 0.2) is 0 Å². The fourth-order valence-corrected chi connectivity index (χ4v) is 1.38. The van der Waals surface area contributed by atoms with Crippen molar-refractivity contribution in [2.45, 2.75) is 13.3 Å². The van der Waals surface area contributed by atoms with Crippen molar-refractivity contribution in [3.63, 3.8) is 0 Å². The van der Waals surface area contributed by atoms with Crippen molar-refractivity contribution in [3.05, 3.63) is 36.0 Å². The predicted octanol–water partition coefficient (Wildman–Crippen LogP) is 1.35. The topological polar surface area (TPSA) is 79.6 Å². The number of nitrogens with zero attached hydrogens (tertiary/aromatic N) is 2. The smallest absolute Gasteiger partial charge is 0.127 e. The van der Waals surface area contributed by atoms with Gasteiger partial charge in [-0.2, -0.15) is 0 Å². The van der Waals surface area contributed by atoms with Gasteiger partial charge in [-0.15, -0.1) is 0 Å². The molecule has 84 valence electrons. The molecular weight excluding hydrogens is 202 g/mol. The lowest BCUT2D eigenvalue weighted by molar-refractivity contribution is 0.921. The van der Waals surface area contributed by atoms with Crippen LogP contribution >= 0.6 is 0 Å². The molecular formula is C11H15N5. The average molecular weight is 217 g/mol. The second-order valence-corrected chi connectivity index (χ2v) is 3.64. The van der Waals surface area contributed by atoms with E-state index in [1.165, 1.54) is 0 Å². The fraction of sp³-hybridized carbons (Fsp3) is 0.273. The van der Waals surface area contributed by atoms with E-state index in [0.717, 1.165) is 35.9 Å². The number of anilines is 2. The third kappa shape index (κ3) is 2.50. The molecule has 0 fully saturated rings. The molecule has 0 unspecified atom stereocenters. The fourth-order valence-electron chi connectivity index (χ4n) is 1.38. The summed E-state index contributed by atoms with van der Waals surface area (Å²) < 4.78 is 0. The number of hydrogen-bond acceptors (Lipinski definition) is 4. The first-order valence-corrected chi connectivity index (χ1v) is 5.20. The number of nitrogen functional groups attached to an aromatic ring is 1. The Labute approximate surface area is 94.1 Å². The number of nitrogens with one attached hydrogen (secondary N) is 2. The summed E-state index contributed by atoms with van der Waals surface area (Å²) in [7, 11) is 0. The summed E-state index contributed by atoms with van der Waals surface area (Å²) in [4.78, 5) is 11.4. The Morgan fingerprint density at radius 2 is 2.31 bits per heavy atom. The molecule has 0 aromatic carbocycles. The lowest BCUT2D eigenvalue weighted by atomic mass is 10.2. The molecule has 0 atom stereocenters. The van der Waals surface area contributed by atoms with Gasteiger partial charge in [0.25, 0.3) is 0 Å². The predicted molar refractivity (Wildman–Crippen MR) is 64.2 cm³/mol. The number of aromatic nitrogens is 3. The van der Waals surface area contributed by atoms with Crippen LogP contribution in [0.2, 0.25) is 0 Å². The third-order valence-electron chi connectivity index (χ3n) is 2.37. The molecule has 2 aromatic heterocycles. The molecule has 0 amide bonds. The lowest BCUT2D eigenvalue weighted by Crippen LogP contribution is -2.07. The van der Waals surface area contributed by atoms with Crippen LogP contribution in [0.1, 0.15) is 11.4 Å². The van der Waals surface area contributed by atoms with Gasteiger partial charge in [-0.1, -0.05) is 0 Å². The molecule has 0 bridgehead atoms. The maximum atomic E-state index is 5.79. The van der Waals surface area contributed by atoms with Crippen LogP contribution in [-0.4, -0.2) is 21.5 Å². The molecule has 5 heteroatoms. The van der Waals surface area contributed by atoms with Gasteiger partial charge in [-0.25, -0.2) is 9.97 Å². The first-order valence-electron chi connectivity index (χ1n) is 5.20. The van der Waals surface area contributed by atoms with Crippen molar-refractivity contribution in [3.8, 4) is 0 Å². The molecule has 2 rings (SSSR count). The monoisotopic (exact) mass is 217 g/mol. The number of aryl methyl sites for hydroxylation is 1. The van der Waals surface area contributed by atoms with Crippen LogP contribution in [0.15, 0.2) is 24.7 Å². The Morgan fingerprint density at radius 3 is 3.00 bits per heavy atom. The second kappa shape index (κ2) is 4.65. The van der Waals surface area contributed by atoms with E-state index in [2.05, 4.69) is 20.3 Å². The van der Waals surface area contributed by atoms with Crippen molar-refractivity contribution < 1.29 is 0 Å². The number of aromatic amines is 1. The minimum absolute atomic E-state index is 0.760. The largest absolute Gasteiger partial charge is 0.398 e.